The zero-order valence-corrected chi connectivity index (χ0v) is 20.2. The zero-order chi connectivity index (χ0) is 23.4. The van der Waals surface area contributed by atoms with Crippen LogP contribution in [-0.2, 0) is 10.0 Å². The van der Waals surface area contributed by atoms with Crippen molar-refractivity contribution in [1.82, 2.24) is 15.2 Å². The largest absolute Gasteiger partial charge is 0.339 e. The van der Waals surface area contributed by atoms with Gasteiger partial charge in [-0.15, -0.1) is 0 Å². The quantitative estimate of drug-likeness (QED) is 0.294. The third-order valence-electron chi connectivity index (χ3n) is 4.81. The number of hydrogen-bond donors (Lipinski definition) is 3. The first-order valence-electron chi connectivity index (χ1n) is 10.4. The first-order valence-corrected chi connectivity index (χ1v) is 12.8. The van der Waals surface area contributed by atoms with E-state index in [0.29, 0.717) is 5.69 Å². The standard InChI is InChI=1S/C24H25N5O2S2/c1-16(2)33(30,31)29-19-9-11-21(12-10-19)32-24-15-20(25-23-13-17(3)27-28-23)14-22(26-24)18-7-5-4-6-8-18/h4-16,29H,1-3H3,(H2,25,26,27,28). The molecule has 3 N–H and O–H groups in total. The van der Waals surface area contributed by atoms with Crippen molar-refractivity contribution in [3.63, 3.8) is 0 Å². The van der Waals surface area contributed by atoms with Crippen LogP contribution in [0.1, 0.15) is 19.5 Å². The van der Waals surface area contributed by atoms with Crippen LogP contribution in [0.15, 0.2) is 82.7 Å². The summed E-state index contributed by atoms with van der Waals surface area (Å²) in [6.07, 6.45) is 0. The summed E-state index contributed by atoms with van der Waals surface area (Å²) in [5, 5.41) is 10.8. The molecule has 0 radical (unpaired) electrons. The van der Waals surface area contributed by atoms with Gasteiger partial charge in [0.2, 0.25) is 10.0 Å². The van der Waals surface area contributed by atoms with E-state index in [9.17, 15) is 8.42 Å². The molecule has 0 bridgehead atoms. The van der Waals surface area contributed by atoms with Gasteiger partial charge in [0.1, 0.15) is 5.03 Å². The predicted octanol–water partition coefficient (Wildman–Crippen LogP) is 5.83. The van der Waals surface area contributed by atoms with Gasteiger partial charge in [0.05, 0.1) is 10.9 Å². The topological polar surface area (TPSA) is 99.8 Å². The molecule has 7 nitrogen and oxygen atoms in total. The van der Waals surface area contributed by atoms with Crippen LogP contribution in [0, 0.1) is 6.92 Å². The molecule has 2 aromatic heterocycles. The van der Waals surface area contributed by atoms with Crippen LogP contribution >= 0.6 is 11.8 Å². The van der Waals surface area contributed by atoms with Crippen molar-refractivity contribution >= 4 is 39.0 Å². The van der Waals surface area contributed by atoms with Crippen LogP contribution in [0.4, 0.5) is 17.2 Å². The van der Waals surface area contributed by atoms with Gasteiger partial charge >= 0.3 is 0 Å². The SMILES string of the molecule is Cc1cc(Nc2cc(Sc3ccc(NS(=O)(=O)C(C)C)cc3)nc(-c3ccccc3)c2)n[nH]1. The van der Waals surface area contributed by atoms with E-state index in [-0.39, 0.29) is 0 Å². The van der Waals surface area contributed by atoms with Gasteiger partial charge in [0, 0.05) is 33.6 Å². The summed E-state index contributed by atoms with van der Waals surface area (Å²) in [6, 6.07) is 23.2. The highest BCUT2D eigenvalue weighted by atomic mass is 32.2. The Morgan fingerprint density at radius 3 is 2.30 bits per heavy atom. The molecular formula is C24H25N5O2S2. The lowest BCUT2D eigenvalue weighted by Gasteiger charge is -2.12. The third-order valence-corrected chi connectivity index (χ3v) is 7.49. The number of H-pyrrole nitrogens is 1. The fourth-order valence-corrected chi connectivity index (χ4v) is 4.55. The van der Waals surface area contributed by atoms with Gasteiger partial charge in [-0.3, -0.25) is 9.82 Å². The van der Waals surface area contributed by atoms with E-state index in [1.807, 2.05) is 67.6 Å². The maximum atomic E-state index is 12.1. The lowest BCUT2D eigenvalue weighted by molar-refractivity contribution is 0.593. The molecule has 2 heterocycles. The van der Waals surface area contributed by atoms with Crippen molar-refractivity contribution in [2.24, 2.45) is 0 Å². The fourth-order valence-electron chi connectivity index (χ4n) is 3.01. The molecule has 0 saturated heterocycles. The Kier molecular flexibility index (Phi) is 6.71. The van der Waals surface area contributed by atoms with Gasteiger partial charge in [-0.2, -0.15) is 5.10 Å². The molecule has 33 heavy (non-hydrogen) atoms. The van der Waals surface area contributed by atoms with Crippen molar-refractivity contribution in [2.75, 3.05) is 10.0 Å². The summed E-state index contributed by atoms with van der Waals surface area (Å²) in [5.74, 6) is 0.732. The number of aromatic amines is 1. The lowest BCUT2D eigenvalue weighted by Crippen LogP contribution is -2.22. The van der Waals surface area contributed by atoms with Gasteiger partial charge in [0.15, 0.2) is 5.82 Å². The number of anilines is 3. The summed E-state index contributed by atoms with van der Waals surface area (Å²) < 4.78 is 26.8. The number of hydrogen-bond acceptors (Lipinski definition) is 6. The highest BCUT2D eigenvalue weighted by Gasteiger charge is 2.15. The number of nitrogens with zero attached hydrogens (tertiary/aromatic N) is 2. The normalized spacial score (nSPS) is 11.5. The second-order valence-electron chi connectivity index (χ2n) is 7.83. The Hall–Kier alpha value is -3.30. The summed E-state index contributed by atoms with van der Waals surface area (Å²) in [4.78, 5) is 5.78. The average molecular weight is 480 g/mol. The smallest absolute Gasteiger partial charge is 0.235 e. The van der Waals surface area contributed by atoms with Crippen LogP contribution in [0.5, 0.6) is 0 Å². The van der Waals surface area contributed by atoms with Crippen molar-refractivity contribution in [1.29, 1.82) is 0 Å². The van der Waals surface area contributed by atoms with Crippen molar-refractivity contribution in [2.45, 2.75) is 35.9 Å². The monoisotopic (exact) mass is 479 g/mol. The van der Waals surface area contributed by atoms with Gasteiger partial charge < -0.3 is 5.32 Å². The number of nitrogens with one attached hydrogen (secondary N) is 3. The molecule has 0 fully saturated rings. The first-order chi connectivity index (χ1) is 15.8. The van der Waals surface area contributed by atoms with Crippen molar-refractivity contribution in [3.8, 4) is 11.3 Å². The molecule has 0 unspecified atom stereocenters. The zero-order valence-electron chi connectivity index (χ0n) is 18.5. The molecule has 4 aromatic rings. The lowest BCUT2D eigenvalue weighted by atomic mass is 10.1. The highest BCUT2D eigenvalue weighted by molar-refractivity contribution is 7.99. The Balaban J connectivity index is 1.60. The molecule has 0 aliphatic rings. The van der Waals surface area contributed by atoms with Crippen LogP contribution in [0.3, 0.4) is 0 Å². The highest BCUT2D eigenvalue weighted by Crippen LogP contribution is 2.32. The molecule has 0 saturated carbocycles. The van der Waals surface area contributed by atoms with E-state index in [1.54, 1.807) is 26.0 Å². The van der Waals surface area contributed by atoms with Crippen LogP contribution in [0.2, 0.25) is 0 Å². The molecule has 0 aliphatic carbocycles. The van der Waals surface area contributed by atoms with E-state index in [4.69, 9.17) is 4.98 Å². The predicted molar refractivity (Wildman–Crippen MR) is 135 cm³/mol. The molecule has 0 amide bonds. The maximum absolute atomic E-state index is 12.1. The third kappa shape index (κ3) is 5.94. The molecule has 0 spiro atoms. The Labute approximate surface area is 198 Å². The molecule has 0 aliphatic heterocycles. The van der Waals surface area contributed by atoms with Crippen molar-refractivity contribution in [3.05, 3.63) is 78.5 Å². The van der Waals surface area contributed by atoms with E-state index >= 15 is 0 Å². The molecule has 9 heteroatoms. The van der Waals surface area contributed by atoms with E-state index in [2.05, 4.69) is 20.2 Å². The number of rotatable bonds is 8. The minimum atomic E-state index is -3.38. The minimum absolute atomic E-state index is 0.499. The number of benzene rings is 2. The molecule has 0 atom stereocenters. The van der Waals surface area contributed by atoms with Gasteiger partial charge in [0.25, 0.3) is 0 Å². The second kappa shape index (κ2) is 9.68. The number of aromatic nitrogens is 3. The van der Waals surface area contributed by atoms with Crippen LogP contribution in [-0.4, -0.2) is 28.8 Å². The number of aryl methyl sites for hydroxylation is 1. The van der Waals surface area contributed by atoms with Gasteiger partial charge in [-0.25, -0.2) is 13.4 Å². The fraction of sp³-hybridized carbons (Fsp3) is 0.167. The summed E-state index contributed by atoms with van der Waals surface area (Å²) in [7, 11) is -3.38. The average Bonchev–Trinajstić information content (AvgIpc) is 3.19. The minimum Gasteiger partial charge on any atom is -0.339 e. The number of sulfonamides is 1. The van der Waals surface area contributed by atoms with Crippen LogP contribution in [0.25, 0.3) is 11.3 Å². The maximum Gasteiger partial charge on any atom is 0.235 e. The second-order valence-corrected chi connectivity index (χ2v) is 11.2. The van der Waals surface area contributed by atoms with Gasteiger partial charge in [-0.05, 0) is 57.2 Å². The summed E-state index contributed by atoms with van der Waals surface area (Å²) in [5.41, 5.74) is 4.24. The first kappa shape index (κ1) is 22.9. The van der Waals surface area contributed by atoms with Crippen LogP contribution < -0.4 is 10.0 Å². The Bertz CT molecular complexity index is 1340. The van der Waals surface area contributed by atoms with Gasteiger partial charge in [-0.1, -0.05) is 42.1 Å². The summed E-state index contributed by atoms with van der Waals surface area (Å²) in [6.45, 7) is 5.24. The van der Waals surface area contributed by atoms with E-state index in [0.717, 1.165) is 38.4 Å². The van der Waals surface area contributed by atoms with Crippen molar-refractivity contribution < 1.29 is 8.42 Å². The van der Waals surface area contributed by atoms with E-state index in [1.165, 1.54) is 11.8 Å². The number of pyridine rings is 1. The van der Waals surface area contributed by atoms with E-state index < -0.39 is 15.3 Å². The molecule has 4 rings (SSSR count). The Morgan fingerprint density at radius 1 is 0.939 bits per heavy atom. The molecular weight excluding hydrogens is 454 g/mol. The summed E-state index contributed by atoms with van der Waals surface area (Å²) >= 11 is 1.50. The molecule has 2 aromatic carbocycles. The Morgan fingerprint density at radius 2 is 1.67 bits per heavy atom. The molecule has 170 valence electrons.